The van der Waals surface area contributed by atoms with E-state index in [0.717, 1.165) is 10.9 Å². The summed E-state index contributed by atoms with van der Waals surface area (Å²) >= 11 is 0. The van der Waals surface area contributed by atoms with Crippen molar-refractivity contribution in [1.29, 1.82) is 0 Å². The lowest BCUT2D eigenvalue weighted by Crippen LogP contribution is -2.40. The summed E-state index contributed by atoms with van der Waals surface area (Å²) in [4.78, 5) is 22.9. The van der Waals surface area contributed by atoms with Gasteiger partial charge in [-0.15, -0.1) is 0 Å². The van der Waals surface area contributed by atoms with Gasteiger partial charge in [0.1, 0.15) is 6.54 Å². The van der Waals surface area contributed by atoms with E-state index in [1.807, 2.05) is 41.1 Å². The smallest absolute Gasteiger partial charge is 0.310 e. The molecular weight excluding hydrogens is 256 g/mol. The lowest BCUT2D eigenvalue weighted by Gasteiger charge is -2.19. The van der Waals surface area contributed by atoms with Crippen molar-refractivity contribution in [2.24, 2.45) is 5.41 Å². The summed E-state index contributed by atoms with van der Waals surface area (Å²) in [5.74, 6) is -1.12. The van der Waals surface area contributed by atoms with E-state index in [0.29, 0.717) is 0 Å². The van der Waals surface area contributed by atoms with Gasteiger partial charge in [0.2, 0.25) is 5.91 Å². The molecule has 2 rings (SSSR count). The summed E-state index contributed by atoms with van der Waals surface area (Å²) in [6.45, 7) is 3.46. The van der Waals surface area contributed by atoms with Crippen molar-refractivity contribution < 1.29 is 14.7 Å². The van der Waals surface area contributed by atoms with Crippen molar-refractivity contribution >= 4 is 22.8 Å². The lowest BCUT2D eigenvalue weighted by molar-refractivity contribution is -0.146. The van der Waals surface area contributed by atoms with E-state index in [-0.39, 0.29) is 19.0 Å². The fourth-order valence-corrected chi connectivity index (χ4v) is 1.88. The number of carbonyl (C=O) groups excluding carboxylic acids is 1. The first-order valence-electron chi connectivity index (χ1n) is 6.44. The normalized spacial score (nSPS) is 11.5. The first kappa shape index (κ1) is 14.1. The highest BCUT2D eigenvalue weighted by molar-refractivity contribution is 5.83. The van der Waals surface area contributed by atoms with Crippen LogP contribution >= 0.6 is 0 Å². The molecule has 1 amide bonds. The van der Waals surface area contributed by atoms with Gasteiger partial charge in [-0.25, -0.2) is 0 Å². The van der Waals surface area contributed by atoms with Crippen molar-refractivity contribution in [3.8, 4) is 0 Å². The highest BCUT2D eigenvalue weighted by Gasteiger charge is 2.27. The Labute approximate surface area is 117 Å². The van der Waals surface area contributed by atoms with E-state index in [2.05, 4.69) is 5.32 Å². The average Bonchev–Trinajstić information content (AvgIpc) is 2.80. The van der Waals surface area contributed by atoms with Gasteiger partial charge in [-0.3, -0.25) is 9.59 Å². The Morgan fingerprint density at radius 3 is 2.65 bits per heavy atom. The molecule has 0 aliphatic carbocycles. The molecule has 0 aliphatic rings. The highest BCUT2D eigenvalue weighted by atomic mass is 16.4. The van der Waals surface area contributed by atoms with Crippen LogP contribution in [0.2, 0.25) is 0 Å². The second kappa shape index (κ2) is 5.36. The number of aliphatic carboxylic acids is 1. The van der Waals surface area contributed by atoms with Gasteiger partial charge in [-0.2, -0.15) is 0 Å². The first-order chi connectivity index (χ1) is 9.40. The number of aromatic nitrogens is 1. The number of hydrogen-bond acceptors (Lipinski definition) is 2. The Kier molecular flexibility index (Phi) is 3.79. The fourth-order valence-electron chi connectivity index (χ4n) is 1.88. The molecule has 1 aromatic carbocycles. The van der Waals surface area contributed by atoms with Crippen molar-refractivity contribution in [3.05, 3.63) is 36.5 Å². The summed E-state index contributed by atoms with van der Waals surface area (Å²) in [6, 6.07) is 9.75. The van der Waals surface area contributed by atoms with Crippen LogP contribution in [-0.2, 0) is 16.1 Å². The van der Waals surface area contributed by atoms with Crippen LogP contribution in [-0.4, -0.2) is 28.1 Å². The number of carbonyl (C=O) groups is 2. The number of benzene rings is 1. The molecule has 0 fully saturated rings. The minimum atomic E-state index is -0.964. The Balaban J connectivity index is 2.00. The largest absolute Gasteiger partial charge is 0.481 e. The molecule has 106 valence electrons. The SMILES string of the molecule is CC(C)(CNC(=O)Cn1ccc2ccccc21)C(=O)O. The molecule has 0 radical (unpaired) electrons. The Hall–Kier alpha value is -2.30. The second-order valence-corrected chi connectivity index (χ2v) is 5.47. The van der Waals surface area contributed by atoms with Gasteiger partial charge < -0.3 is 15.0 Å². The van der Waals surface area contributed by atoms with Crippen LogP contribution < -0.4 is 5.32 Å². The van der Waals surface area contributed by atoms with Crippen LogP contribution in [0.3, 0.4) is 0 Å². The van der Waals surface area contributed by atoms with Crippen LogP contribution in [0.15, 0.2) is 36.5 Å². The molecule has 0 saturated heterocycles. The number of para-hydroxylation sites is 1. The van der Waals surface area contributed by atoms with Gasteiger partial charge in [-0.05, 0) is 31.4 Å². The van der Waals surface area contributed by atoms with Crippen LogP contribution in [0, 0.1) is 5.41 Å². The number of nitrogens with zero attached hydrogens (tertiary/aromatic N) is 1. The van der Waals surface area contributed by atoms with Crippen LogP contribution in [0.25, 0.3) is 10.9 Å². The molecule has 0 spiro atoms. The van der Waals surface area contributed by atoms with E-state index in [4.69, 9.17) is 5.11 Å². The molecular formula is C15H18N2O3. The van der Waals surface area contributed by atoms with Crippen molar-refractivity contribution in [1.82, 2.24) is 9.88 Å². The maximum absolute atomic E-state index is 11.9. The lowest BCUT2D eigenvalue weighted by atomic mass is 9.94. The van der Waals surface area contributed by atoms with E-state index < -0.39 is 11.4 Å². The van der Waals surface area contributed by atoms with Gasteiger partial charge in [0.15, 0.2) is 0 Å². The summed E-state index contributed by atoms with van der Waals surface area (Å²) in [5.41, 5.74) is 0.0224. The molecule has 0 atom stereocenters. The Morgan fingerprint density at radius 1 is 1.25 bits per heavy atom. The molecule has 5 heteroatoms. The van der Waals surface area contributed by atoms with Gasteiger partial charge in [0.25, 0.3) is 0 Å². The maximum Gasteiger partial charge on any atom is 0.310 e. The highest BCUT2D eigenvalue weighted by Crippen LogP contribution is 2.15. The van der Waals surface area contributed by atoms with E-state index in [1.165, 1.54) is 0 Å². The summed E-state index contributed by atoms with van der Waals surface area (Å²) in [5, 5.41) is 12.7. The molecule has 1 heterocycles. The third-order valence-corrected chi connectivity index (χ3v) is 3.30. The Bertz CT molecular complexity index is 643. The summed E-state index contributed by atoms with van der Waals surface area (Å²) in [7, 11) is 0. The third kappa shape index (κ3) is 2.99. The van der Waals surface area contributed by atoms with Crippen LogP contribution in [0.4, 0.5) is 0 Å². The molecule has 1 aromatic heterocycles. The first-order valence-corrected chi connectivity index (χ1v) is 6.44. The zero-order valence-corrected chi connectivity index (χ0v) is 11.6. The molecule has 2 aromatic rings. The molecule has 5 nitrogen and oxygen atoms in total. The van der Waals surface area contributed by atoms with E-state index >= 15 is 0 Å². The number of rotatable bonds is 5. The molecule has 20 heavy (non-hydrogen) atoms. The zero-order valence-electron chi connectivity index (χ0n) is 11.6. The van der Waals surface area contributed by atoms with Gasteiger partial charge in [0.05, 0.1) is 5.41 Å². The molecule has 0 bridgehead atoms. The van der Waals surface area contributed by atoms with Crippen molar-refractivity contribution in [2.45, 2.75) is 20.4 Å². The minimum Gasteiger partial charge on any atom is -0.481 e. The number of nitrogens with one attached hydrogen (secondary N) is 1. The minimum absolute atomic E-state index is 0.111. The molecule has 0 saturated carbocycles. The van der Waals surface area contributed by atoms with Crippen molar-refractivity contribution in [3.63, 3.8) is 0 Å². The van der Waals surface area contributed by atoms with Crippen LogP contribution in [0.5, 0.6) is 0 Å². The standard InChI is InChI=1S/C15H18N2O3/c1-15(2,14(19)20)10-16-13(18)9-17-8-7-11-5-3-4-6-12(11)17/h3-8H,9-10H2,1-2H3,(H,16,18)(H,19,20). The monoisotopic (exact) mass is 274 g/mol. The van der Waals surface area contributed by atoms with Crippen LogP contribution in [0.1, 0.15) is 13.8 Å². The third-order valence-electron chi connectivity index (χ3n) is 3.30. The Morgan fingerprint density at radius 2 is 1.95 bits per heavy atom. The number of hydrogen-bond donors (Lipinski definition) is 2. The predicted octanol–water partition coefficient (Wildman–Crippen LogP) is 1.87. The van der Waals surface area contributed by atoms with E-state index in [1.54, 1.807) is 13.8 Å². The summed E-state index contributed by atoms with van der Waals surface area (Å²) in [6.07, 6.45) is 1.85. The number of carboxylic acid groups (broad SMARTS) is 1. The molecule has 2 N–H and O–H groups in total. The zero-order chi connectivity index (χ0) is 14.8. The topological polar surface area (TPSA) is 71.3 Å². The second-order valence-electron chi connectivity index (χ2n) is 5.47. The van der Waals surface area contributed by atoms with Gasteiger partial charge in [0, 0.05) is 18.3 Å². The van der Waals surface area contributed by atoms with Gasteiger partial charge >= 0.3 is 5.97 Å². The summed E-state index contributed by atoms with van der Waals surface area (Å²) < 4.78 is 1.85. The number of amides is 1. The quantitative estimate of drug-likeness (QED) is 0.874. The molecule has 0 aliphatic heterocycles. The van der Waals surface area contributed by atoms with Crippen molar-refractivity contribution in [2.75, 3.05) is 6.54 Å². The average molecular weight is 274 g/mol. The number of carboxylic acids is 1. The maximum atomic E-state index is 11.9. The van der Waals surface area contributed by atoms with E-state index in [9.17, 15) is 9.59 Å². The molecule has 0 unspecified atom stereocenters. The van der Waals surface area contributed by atoms with Gasteiger partial charge in [-0.1, -0.05) is 18.2 Å². The fraction of sp³-hybridized carbons (Fsp3) is 0.333. The number of fused-ring (bicyclic) bond motifs is 1. The predicted molar refractivity (Wildman–Crippen MR) is 76.4 cm³/mol.